The molecule has 0 bridgehead atoms. The number of carbonyl (C=O) groups excluding carboxylic acids is 1. The molecule has 0 aromatic rings. The Balaban J connectivity index is 3.12. The van der Waals surface area contributed by atoms with Gasteiger partial charge in [-0.05, 0) is 32.1 Å². The van der Waals surface area contributed by atoms with Gasteiger partial charge in [0.05, 0.1) is 6.61 Å². The fourth-order valence-electron chi connectivity index (χ4n) is 2.09. The molecule has 2 N–H and O–H groups in total. The molecule has 0 saturated heterocycles. The summed E-state index contributed by atoms with van der Waals surface area (Å²) in [5.41, 5.74) is 0. The van der Waals surface area contributed by atoms with Crippen molar-refractivity contribution in [3.63, 3.8) is 0 Å². The fourth-order valence-corrected chi connectivity index (χ4v) is 2.09. The van der Waals surface area contributed by atoms with Crippen LogP contribution in [0.4, 0.5) is 0 Å². The third kappa shape index (κ3) is 15.4. The van der Waals surface area contributed by atoms with Crippen LogP contribution in [0.2, 0.25) is 0 Å². The van der Waals surface area contributed by atoms with Gasteiger partial charge >= 0.3 is 5.97 Å². The average Bonchev–Trinajstić information content (AvgIpc) is 2.45. The largest absolute Gasteiger partial charge is 0.466 e. The molecule has 0 aliphatic rings. The van der Waals surface area contributed by atoms with Gasteiger partial charge in [-0.3, -0.25) is 4.79 Å². The topological polar surface area (TPSA) is 66.8 Å². The van der Waals surface area contributed by atoms with Crippen molar-refractivity contribution in [1.29, 1.82) is 0 Å². The van der Waals surface area contributed by atoms with Gasteiger partial charge in [0.25, 0.3) is 0 Å². The Kier molecular flexibility index (Phi) is 15.9. The lowest BCUT2D eigenvalue weighted by atomic mass is 10.1. The monoisotopic (exact) mass is 288 g/mol. The lowest BCUT2D eigenvalue weighted by Gasteiger charge is -2.05. The second kappa shape index (κ2) is 16.4. The molecular formula is C16H32O4. The van der Waals surface area contributed by atoms with Crippen LogP contribution in [0.5, 0.6) is 0 Å². The van der Waals surface area contributed by atoms with Crippen LogP contribution >= 0.6 is 0 Å². The van der Waals surface area contributed by atoms with Crippen LogP contribution in [0.1, 0.15) is 77.0 Å². The lowest BCUT2D eigenvalue weighted by Crippen LogP contribution is -2.05. The molecule has 0 saturated carbocycles. The van der Waals surface area contributed by atoms with E-state index in [1.807, 2.05) is 0 Å². The van der Waals surface area contributed by atoms with E-state index in [1.54, 1.807) is 0 Å². The number of carbonyl (C=O) groups is 1. The number of hydrogen-bond donors (Lipinski definition) is 2. The first-order chi connectivity index (χ1) is 9.81. The number of unbranched alkanes of at least 4 members (excludes halogenated alkanes) is 9. The molecule has 0 amide bonds. The van der Waals surface area contributed by atoms with Gasteiger partial charge in [-0.1, -0.05) is 38.5 Å². The molecule has 0 rings (SSSR count). The molecule has 0 spiro atoms. The number of ether oxygens (including phenoxy) is 1. The highest BCUT2D eigenvalue weighted by Gasteiger charge is 2.02. The standard InChI is InChI=1S/C16H32O4/c17-13-9-5-3-1-2-4-8-12-16(19)20-15-11-7-6-10-14-18/h17-18H,1-15H2. The van der Waals surface area contributed by atoms with Crippen LogP contribution in [-0.2, 0) is 9.53 Å². The lowest BCUT2D eigenvalue weighted by molar-refractivity contribution is -0.143. The van der Waals surface area contributed by atoms with Crippen molar-refractivity contribution >= 4 is 5.97 Å². The van der Waals surface area contributed by atoms with E-state index in [0.29, 0.717) is 19.6 Å². The molecule has 20 heavy (non-hydrogen) atoms. The van der Waals surface area contributed by atoms with E-state index in [-0.39, 0.29) is 12.6 Å². The second-order valence-electron chi connectivity index (χ2n) is 5.31. The Morgan fingerprint density at radius 3 is 1.65 bits per heavy atom. The van der Waals surface area contributed by atoms with E-state index in [9.17, 15) is 4.79 Å². The molecule has 4 nitrogen and oxygen atoms in total. The van der Waals surface area contributed by atoms with Crippen LogP contribution in [-0.4, -0.2) is 36.0 Å². The van der Waals surface area contributed by atoms with Gasteiger partial charge < -0.3 is 14.9 Å². The maximum atomic E-state index is 11.4. The van der Waals surface area contributed by atoms with E-state index in [2.05, 4.69) is 0 Å². The summed E-state index contributed by atoms with van der Waals surface area (Å²) >= 11 is 0. The van der Waals surface area contributed by atoms with Gasteiger partial charge in [-0.2, -0.15) is 0 Å². The quantitative estimate of drug-likeness (QED) is 0.359. The zero-order chi connectivity index (χ0) is 14.9. The van der Waals surface area contributed by atoms with Gasteiger partial charge in [0, 0.05) is 19.6 Å². The second-order valence-corrected chi connectivity index (χ2v) is 5.31. The molecule has 0 radical (unpaired) electrons. The predicted octanol–water partition coefficient (Wildman–Crippen LogP) is 3.20. The van der Waals surface area contributed by atoms with E-state index in [4.69, 9.17) is 14.9 Å². The summed E-state index contributed by atoms with van der Waals surface area (Å²) in [6.45, 7) is 1.07. The molecule has 0 unspecified atom stereocenters. The minimum absolute atomic E-state index is 0.0764. The Morgan fingerprint density at radius 1 is 0.650 bits per heavy atom. The van der Waals surface area contributed by atoms with Gasteiger partial charge in [0.1, 0.15) is 0 Å². The maximum Gasteiger partial charge on any atom is 0.305 e. The molecular weight excluding hydrogens is 256 g/mol. The first kappa shape index (κ1) is 19.4. The smallest absolute Gasteiger partial charge is 0.305 e. The Labute approximate surface area is 123 Å². The molecule has 0 aromatic carbocycles. The number of aliphatic hydroxyl groups is 2. The van der Waals surface area contributed by atoms with Gasteiger partial charge in [-0.25, -0.2) is 0 Å². The van der Waals surface area contributed by atoms with Crippen LogP contribution in [0, 0.1) is 0 Å². The van der Waals surface area contributed by atoms with Crippen molar-refractivity contribution in [2.75, 3.05) is 19.8 Å². The van der Waals surface area contributed by atoms with Crippen LogP contribution < -0.4 is 0 Å². The zero-order valence-corrected chi connectivity index (χ0v) is 12.8. The summed E-state index contributed by atoms with van der Waals surface area (Å²) in [5, 5.41) is 17.3. The number of hydrogen-bond acceptors (Lipinski definition) is 4. The average molecular weight is 288 g/mol. The number of aliphatic hydroxyl groups excluding tert-OH is 2. The molecule has 0 aliphatic carbocycles. The molecule has 0 fully saturated rings. The summed E-state index contributed by atoms with van der Waals surface area (Å²) in [6, 6.07) is 0. The minimum atomic E-state index is -0.0764. The van der Waals surface area contributed by atoms with Crippen molar-refractivity contribution in [2.24, 2.45) is 0 Å². The van der Waals surface area contributed by atoms with Gasteiger partial charge in [0.2, 0.25) is 0 Å². The van der Waals surface area contributed by atoms with Crippen molar-refractivity contribution in [3.05, 3.63) is 0 Å². The fraction of sp³-hybridized carbons (Fsp3) is 0.938. The van der Waals surface area contributed by atoms with Crippen molar-refractivity contribution in [2.45, 2.75) is 77.0 Å². The molecule has 0 atom stereocenters. The summed E-state index contributed by atoms with van der Waals surface area (Å²) in [5.74, 6) is -0.0764. The van der Waals surface area contributed by atoms with E-state index in [0.717, 1.165) is 51.4 Å². The Morgan fingerprint density at radius 2 is 1.10 bits per heavy atom. The minimum Gasteiger partial charge on any atom is -0.466 e. The maximum absolute atomic E-state index is 11.4. The molecule has 0 aliphatic heterocycles. The third-order valence-electron chi connectivity index (χ3n) is 3.35. The molecule has 120 valence electrons. The summed E-state index contributed by atoms with van der Waals surface area (Å²) in [7, 11) is 0. The summed E-state index contributed by atoms with van der Waals surface area (Å²) in [4.78, 5) is 11.4. The summed E-state index contributed by atoms with van der Waals surface area (Å²) < 4.78 is 5.15. The first-order valence-electron chi connectivity index (χ1n) is 8.18. The molecule has 0 aromatic heterocycles. The molecule has 0 heterocycles. The van der Waals surface area contributed by atoms with Gasteiger partial charge in [-0.15, -0.1) is 0 Å². The van der Waals surface area contributed by atoms with Crippen molar-refractivity contribution in [3.8, 4) is 0 Å². The normalized spacial score (nSPS) is 10.7. The highest BCUT2D eigenvalue weighted by molar-refractivity contribution is 5.69. The predicted molar refractivity (Wildman–Crippen MR) is 80.5 cm³/mol. The first-order valence-corrected chi connectivity index (χ1v) is 8.18. The third-order valence-corrected chi connectivity index (χ3v) is 3.35. The van der Waals surface area contributed by atoms with Crippen molar-refractivity contribution < 1.29 is 19.7 Å². The summed E-state index contributed by atoms with van der Waals surface area (Å²) in [6.07, 6.45) is 11.9. The van der Waals surface area contributed by atoms with E-state index in [1.165, 1.54) is 19.3 Å². The number of rotatable bonds is 15. The van der Waals surface area contributed by atoms with E-state index < -0.39 is 0 Å². The van der Waals surface area contributed by atoms with Crippen LogP contribution in [0.25, 0.3) is 0 Å². The SMILES string of the molecule is O=C(CCCCCCCCCO)OCCCCCCO. The van der Waals surface area contributed by atoms with Gasteiger partial charge in [0.15, 0.2) is 0 Å². The Hall–Kier alpha value is -0.610. The highest BCUT2D eigenvalue weighted by Crippen LogP contribution is 2.09. The van der Waals surface area contributed by atoms with Crippen molar-refractivity contribution in [1.82, 2.24) is 0 Å². The number of esters is 1. The Bertz CT molecular complexity index is 207. The molecule has 4 heteroatoms. The zero-order valence-electron chi connectivity index (χ0n) is 12.8. The highest BCUT2D eigenvalue weighted by atomic mass is 16.5. The van der Waals surface area contributed by atoms with E-state index >= 15 is 0 Å². The van der Waals surface area contributed by atoms with Crippen LogP contribution in [0.3, 0.4) is 0 Å². The van der Waals surface area contributed by atoms with Crippen LogP contribution in [0.15, 0.2) is 0 Å².